The van der Waals surface area contributed by atoms with Crippen LogP contribution in [0.4, 0.5) is 0 Å². The van der Waals surface area contributed by atoms with Crippen molar-refractivity contribution in [1.29, 1.82) is 0 Å². The second-order valence-electron chi connectivity index (χ2n) is 7.82. The van der Waals surface area contributed by atoms with Crippen LogP contribution in [0.2, 0.25) is 0 Å². The van der Waals surface area contributed by atoms with Gasteiger partial charge in [0.25, 0.3) is 0 Å². The molecule has 3 heteroatoms. The summed E-state index contributed by atoms with van der Waals surface area (Å²) in [5, 5.41) is 6.08. The van der Waals surface area contributed by atoms with Gasteiger partial charge >= 0.3 is 0 Å². The quantitative estimate of drug-likeness (QED) is 0.339. The summed E-state index contributed by atoms with van der Waals surface area (Å²) in [5.41, 5.74) is 4.94. The Morgan fingerprint density at radius 1 is 0.806 bits per heavy atom. The first-order chi connectivity index (χ1) is 15.2. The molecular weight excluding hydrogens is 382 g/mol. The van der Waals surface area contributed by atoms with Gasteiger partial charge in [-0.3, -0.25) is 0 Å². The standard InChI is InChI=1S/C28H29NO2/c1-21-6-5-7-23(18-21)20-31-28-15-12-24-8-3-4-9-26(24)27(28)19-29-17-16-22-10-13-25(30-2)14-11-22/h3-15,18,29H,16-17,19-20H2,1-2H3. The Morgan fingerprint density at radius 2 is 1.65 bits per heavy atom. The fraction of sp³-hybridized carbons (Fsp3) is 0.214. The molecule has 158 valence electrons. The minimum Gasteiger partial charge on any atom is -0.497 e. The Bertz CT molecular complexity index is 1140. The zero-order valence-electron chi connectivity index (χ0n) is 18.2. The molecule has 0 radical (unpaired) electrons. The number of hydrogen-bond acceptors (Lipinski definition) is 3. The molecule has 4 aromatic rings. The van der Waals surface area contributed by atoms with Gasteiger partial charge in [0.2, 0.25) is 0 Å². The Balaban J connectivity index is 1.45. The molecule has 0 aliphatic carbocycles. The maximum Gasteiger partial charge on any atom is 0.124 e. The fourth-order valence-corrected chi connectivity index (χ4v) is 3.83. The molecule has 0 atom stereocenters. The Kier molecular flexibility index (Phi) is 6.85. The second-order valence-corrected chi connectivity index (χ2v) is 7.82. The van der Waals surface area contributed by atoms with E-state index in [0.717, 1.165) is 31.0 Å². The number of methoxy groups -OCH3 is 1. The van der Waals surface area contributed by atoms with Crippen LogP contribution in [-0.2, 0) is 19.6 Å². The molecule has 0 fully saturated rings. The number of hydrogen-bond donors (Lipinski definition) is 1. The molecule has 0 aliphatic rings. The third-order valence-corrected chi connectivity index (χ3v) is 5.53. The van der Waals surface area contributed by atoms with Gasteiger partial charge in [-0.1, -0.05) is 72.3 Å². The van der Waals surface area contributed by atoms with Crippen LogP contribution in [0.15, 0.2) is 84.9 Å². The molecule has 4 aromatic carbocycles. The van der Waals surface area contributed by atoms with Crippen LogP contribution >= 0.6 is 0 Å². The highest BCUT2D eigenvalue weighted by atomic mass is 16.5. The molecule has 0 bridgehead atoms. The van der Waals surface area contributed by atoms with E-state index >= 15 is 0 Å². The predicted octanol–water partition coefficient (Wildman–Crippen LogP) is 6.07. The van der Waals surface area contributed by atoms with Crippen LogP contribution in [0, 0.1) is 6.92 Å². The van der Waals surface area contributed by atoms with Crippen molar-refractivity contribution in [2.75, 3.05) is 13.7 Å². The van der Waals surface area contributed by atoms with Crippen LogP contribution in [-0.4, -0.2) is 13.7 Å². The predicted molar refractivity (Wildman–Crippen MR) is 128 cm³/mol. The minimum absolute atomic E-state index is 0.568. The first-order valence-electron chi connectivity index (χ1n) is 10.8. The van der Waals surface area contributed by atoms with Gasteiger partial charge in [0.05, 0.1) is 7.11 Å². The van der Waals surface area contributed by atoms with Gasteiger partial charge in [-0.05, 0) is 60.0 Å². The average Bonchev–Trinajstić information content (AvgIpc) is 2.81. The molecule has 0 heterocycles. The van der Waals surface area contributed by atoms with Gasteiger partial charge in [-0.25, -0.2) is 0 Å². The van der Waals surface area contributed by atoms with Crippen molar-refractivity contribution in [3.8, 4) is 11.5 Å². The zero-order valence-corrected chi connectivity index (χ0v) is 18.2. The highest BCUT2D eigenvalue weighted by Gasteiger charge is 2.09. The number of benzene rings is 4. The molecule has 0 amide bonds. The lowest BCUT2D eigenvalue weighted by atomic mass is 10.0. The van der Waals surface area contributed by atoms with Crippen molar-refractivity contribution >= 4 is 10.8 Å². The van der Waals surface area contributed by atoms with Crippen molar-refractivity contribution in [1.82, 2.24) is 5.32 Å². The molecule has 0 aliphatic heterocycles. The molecule has 31 heavy (non-hydrogen) atoms. The lowest BCUT2D eigenvalue weighted by Gasteiger charge is -2.15. The van der Waals surface area contributed by atoms with Gasteiger partial charge in [0, 0.05) is 12.1 Å². The van der Waals surface area contributed by atoms with Gasteiger partial charge in [-0.15, -0.1) is 0 Å². The summed E-state index contributed by atoms with van der Waals surface area (Å²) in [6.07, 6.45) is 0.967. The first-order valence-corrected chi connectivity index (χ1v) is 10.8. The van der Waals surface area contributed by atoms with Crippen molar-refractivity contribution in [3.05, 3.63) is 107 Å². The number of ether oxygens (including phenoxy) is 2. The number of rotatable bonds is 9. The van der Waals surface area contributed by atoms with Crippen molar-refractivity contribution in [3.63, 3.8) is 0 Å². The van der Waals surface area contributed by atoms with Crippen LogP contribution < -0.4 is 14.8 Å². The summed E-state index contributed by atoms with van der Waals surface area (Å²) in [6, 6.07) is 29.5. The third kappa shape index (κ3) is 5.44. The average molecular weight is 412 g/mol. The summed E-state index contributed by atoms with van der Waals surface area (Å²) in [7, 11) is 1.69. The molecule has 3 nitrogen and oxygen atoms in total. The Morgan fingerprint density at radius 3 is 2.45 bits per heavy atom. The molecule has 4 rings (SSSR count). The van der Waals surface area contributed by atoms with Crippen LogP contribution in [0.3, 0.4) is 0 Å². The summed E-state index contributed by atoms with van der Waals surface area (Å²) in [6.45, 7) is 4.34. The van der Waals surface area contributed by atoms with Crippen molar-refractivity contribution in [2.45, 2.75) is 26.5 Å². The van der Waals surface area contributed by atoms with E-state index in [1.54, 1.807) is 7.11 Å². The smallest absolute Gasteiger partial charge is 0.124 e. The summed E-state index contributed by atoms with van der Waals surface area (Å²) in [4.78, 5) is 0. The van der Waals surface area contributed by atoms with E-state index < -0.39 is 0 Å². The van der Waals surface area contributed by atoms with E-state index in [1.165, 1.54) is 33.0 Å². The normalized spacial score (nSPS) is 10.9. The maximum absolute atomic E-state index is 6.27. The lowest BCUT2D eigenvalue weighted by Crippen LogP contribution is -2.17. The summed E-state index contributed by atoms with van der Waals surface area (Å²) < 4.78 is 11.5. The van der Waals surface area contributed by atoms with E-state index in [-0.39, 0.29) is 0 Å². The number of nitrogens with one attached hydrogen (secondary N) is 1. The Labute approximate surface area is 184 Å². The number of aryl methyl sites for hydroxylation is 1. The molecule has 0 saturated carbocycles. The van der Waals surface area contributed by atoms with Crippen molar-refractivity contribution in [2.24, 2.45) is 0 Å². The third-order valence-electron chi connectivity index (χ3n) is 5.53. The van der Waals surface area contributed by atoms with Crippen molar-refractivity contribution < 1.29 is 9.47 Å². The monoisotopic (exact) mass is 411 g/mol. The second kappa shape index (κ2) is 10.1. The fourth-order valence-electron chi connectivity index (χ4n) is 3.83. The summed E-state index contributed by atoms with van der Waals surface area (Å²) in [5.74, 6) is 1.83. The highest BCUT2D eigenvalue weighted by molar-refractivity contribution is 5.87. The largest absolute Gasteiger partial charge is 0.497 e. The van der Waals surface area contributed by atoms with Gasteiger partial charge < -0.3 is 14.8 Å². The van der Waals surface area contributed by atoms with Crippen LogP contribution in [0.25, 0.3) is 10.8 Å². The molecule has 1 N–H and O–H groups in total. The van der Waals surface area contributed by atoms with Gasteiger partial charge in [-0.2, -0.15) is 0 Å². The van der Waals surface area contributed by atoms with Gasteiger partial charge in [0.15, 0.2) is 0 Å². The van der Waals surface area contributed by atoms with Crippen LogP contribution in [0.5, 0.6) is 11.5 Å². The van der Waals surface area contributed by atoms with E-state index in [4.69, 9.17) is 9.47 Å². The maximum atomic E-state index is 6.27. The molecule has 0 unspecified atom stereocenters. The first kappa shape index (κ1) is 21.0. The van der Waals surface area contributed by atoms with Gasteiger partial charge in [0.1, 0.15) is 18.1 Å². The lowest BCUT2D eigenvalue weighted by molar-refractivity contribution is 0.302. The zero-order chi connectivity index (χ0) is 21.5. The van der Waals surface area contributed by atoms with Crippen LogP contribution in [0.1, 0.15) is 22.3 Å². The van der Waals surface area contributed by atoms with E-state index in [0.29, 0.717) is 6.61 Å². The summed E-state index contributed by atoms with van der Waals surface area (Å²) >= 11 is 0. The molecule has 0 saturated heterocycles. The topological polar surface area (TPSA) is 30.5 Å². The van der Waals surface area contributed by atoms with E-state index in [1.807, 2.05) is 12.1 Å². The molecular formula is C28H29NO2. The Hall–Kier alpha value is -3.30. The molecule has 0 spiro atoms. The SMILES string of the molecule is COc1ccc(CCNCc2c(OCc3cccc(C)c3)ccc3ccccc23)cc1. The van der Waals surface area contributed by atoms with E-state index in [9.17, 15) is 0 Å². The number of fused-ring (bicyclic) bond motifs is 1. The van der Waals surface area contributed by atoms with E-state index in [2.05, 4.69) is 85.0 Å². The molecule has 0 aromatic heterocycles. The highest BCUT2D eigenvalue weighted by Crippen LogP contribution is 2.29. The minimum atomic E-state index is 0.568.